The van der Waals surface area contributed by atoms with Gasteiger partial charge in [0.1, 0.15) is 5.82 Å². The zero-order chi connectivity index (χ0) is 19.5. The molecule has 26 heavy (non-hydrogen) atoms. The molecule has 0 spiro atoms. The summed E-state index contributed by atoms with van der Waals surface area (Å²) in [6.45, 7) is 5.50. The van der Waals surface area contributed by atoms with Crippen molar-refractivity contribution in [3.63, 3.8) is 0 Å². The summed E-state index contributed by atoms with van der Waals surface area (Å²) < 4.78 is 39.4. The maximum absolute atomic E-state index is 13.9. The summed E-state index contributed by atoms with van der Waals surface area (Å²) in [5.41, 5.74) is 0.679. The predicted molar refractivity (Wildman–Crippen MR) is 101 cm³/mol. The minimum absolute atomic E-state index is 0.126. The highest BCUT2D eigenvalue weighted by molar-refractivity contribution is 7.92. The molecule has 0 unspecified atom stereocenters. The van der Waals surface area contributed by atoms with Crippen molar-refractivity contribution in [3.8, 4) is 0 Å². The van der Waals surface area contributed by atoms with Crippen LogP contribution in [0.3, 0.4) is 0 Å². The number of anilines is 1. The number of hydrogen-bond acceptors (Lipinski definition) is 3. The van der Waals surface area contributed by atoms with Crippen molar-refractivity contribution in [2.75, 3.05) is 10.6 Å². The van der Waals surface area contributed by atoms with E-state index >= 15 is 0 Å². The van der Waals surface area contributed by atoms with Crippen LogP contribution in [-0.4, -0.2) is 26.1 Å². The van der Waals surface area contributed by atoms with Gasteiger partial charge in [-0.15, -0.1) is 0 Å². The third-order valence-electron chi connectivity index (χ3n) is 3.58. The van der Waals surface area contributed by atoms with Crippen LogP contribution in [0.25, 0.3) is 0 Å². The van der Waals surface area contributed by atoms with E-state index in [4.69, 9.17) is 0 Å². The molecule has 0 bridgehead atoms. The molecule has 0 saturated carbocycles. The largest absolute Gasteiger partial charge is 0.347 e. The molecule has 2 rings (SSSR count). The number of rotatable bonds is 5. The summed E-state index contributed by atoms with van der Waals surface area (Å²) in [6.07, 6.45) is 1.06. The van der Waals surface area contributed by atoms with Crippen LogP contribution >= 0.6 is 0 Å². The Hall–Kier alpha value is -2.41. The lowest BCUT2D eigenvalue weighted by atomic mass is 10.1. The van der Waals surface area contributed by atoms with E-state index in [2.05, 4.69) is 5.32 Å². The molecule has 140 valence electrons. The summed E-state index contributed by atoms with van der Waals surface area (Å²) >= 11 is 0. The molecule has 0 aliphatic carbocycles. The van der Waals surface area contributed by atoms with Gasteiger partial charge in [0.2, 0.25) is 10.0 Å². The van der Waals surface area contributed by atoms with Crippen molar-refractivity contribution in [1.82, 2.24) is 5.32 Å². The van der Waals surface area contributed by atoms with Crippen LogP contribution < -0.4 is 9.62 Å². The van der Waals surface area contributed by atoms with E-state index in [1.165, 1.54) is 6.07 Å². The third-order valence-corrected chi connectivity index (χ3v) is 4.72. The lowest BCUT2D eigenvalue weighted by molar-refractivity contribution is 0.0919. The predicted octanol–water partition coefficient (Wildman–Crippen LogP) is 3.32. The van der Waals surface area contributed by atoms with Gasteiger partial charge in [-0.1, -0.05) is 18.2 Å². The lowest BCUT2D eigenvalue weighted by Crippen LogP contribution is -2.40. The molecule has 0 heterocycles. The molecule has 7 heteroatoms. The van der Waals surface area contributed by atoms with Crippen LogP contribution in [0.15, 0.2) is 48.5 Å². The summed E-state index contributed by atoms with van der Waals surface area (Å²) in [5, 5.41) is 2.84. The van der Waals surface area contributed by atoms with Gasteiger partial charge in [0, 0.05) is 16.7 Å². The molecular formula is C19H23FN2O3S. The number of halogens is 1. The van der Waals surface area contributed by atoms with Crippen LogP contribution in [-0.2, 0) is 16.6 Å². The summed E-state index contributed by atoms with van der Waals surface area (Å²) in [6, 6.07) is 12.2. The van der Waals surface area contributed by atoms with E-state index < -0.39 is 15.8 Å². The van der Waals surface area contributed by atoms with E-state index in [0.29, 0.717) is 11.3 Å². The summed E-state index contributed by atoms with van der Waals surface area (Å²) in [4.78, 5) is 12.2. The average molecular weight is 378 g/mol. The standard InChI is InChI=1S/C19H23FN2O3S/c1-19(2,3)21-18(23)14-9-11-16(12-10-14)22(26(4,24)25)13-15-7-5-6-8-17(15)20/h5-12H,13H2,1-4H3,(H,21,23). The molecule has 2 aromatic rings. The fraction of sp³-hybridized carbons (Fsp3) is 0.316. The van der Waals surface area contributed by atoms with Crippen molar-refractivity contribution in [2.45, 2.75) is 32.9 Å². The van der Waals surface area contributed by atoms with Gasteiger partial charge in [0.05, 0.1) is 18.5 Å². The molecule has 5 nitrogen and oxygen atoms in total. The summed E-state index contributed by atoms with van der Waals surface area (Å²) in [5.74, 6) is -0.716. The molecule has 2 aromatic carbocycles. The normalized spacial score (nSPS) is 11.9. The Bertz CT molecular complexity index is 888. The number of carbonyl (C=O) groups excluding carboxylic acids is 1. The monoisotopic (exact) mass is 378 g/mol. The molecule has 0 saturated heterocycles. The summed E-state index contributed by atoms with van der Waals surface area (Å²) in [7, 11) is -3.63. The Balaban J connectivity index is 2.30. The second kappa shape index (κ2) is 7.45. The Kier molecular flexibility index (Phi) is 5.71. The zero-order valence-electron chi connectivity index (χ0n) is 15.3. The SMILES string of the molecule is CC(C)(C)NC(=O)c1ccc(N(Cc2ccccc2F)S(C)(=O)=O)cc1. The molecule has 0 aliphatic heterocycles. The molecular weight excluding hydrogens is 355 g/mol. The first kappa shape index (κ1) is 19.9. The van der Waals surface area contributed by atoms with Gasteiger partial charge in [-0.3, -0.25) is 9.10 Å². The lowest BCUT2D eigenvalue weighted by Gasteiger charge is -2.23. The number of hydrogen-bond donors (Lipinski definition) is 1. The minimum Gasteiger partial charge on any atom is -0.347 e. The van der Waals surface area contributed by atoms with E-state index in [0.717, 1.165) is 10.6 Å². The molecule has 0 radical (unpaired) electrons. The first-order valence-electron chi connectivity index (χ1n) is 8.11. The molecule has 1 amide bonds. The molecule has 0 aliphatic rings. The van der Waals surface area contributed by atoms with Gasteiger partial charge in [-0.2, -0.15) is 0 Å². The number of sulfonamides is 1. The number of benzene rings is 2. The highest BCUT2D eigenvalue weighted by Crippen LogP contribution is 2.22. The van der Waals surface area contributed by atoms with Gasteiger partial charge in [-0.05, 0) is 51.1 Å². The Morgan fingerprint density at radius 2 is 1.65 bits per heavy atom. The highest BCUT2D eigenvalue weighted by atomic mass is 32.2. The van der Waals surface area contributed by atoms with Crippen molar-refractivity contribution < 1.29 is 17.6 Å². The molecule has 0 aromatic heterocycles. The van der Waals surface area contributed by atoms with Crippen molar-refractivity contribution in [2.24, 2.45) is 0 Å². The Labute approximate surface area is 153 Å². The van der Waals surface area contributed by atoms with Gasteiger partial charge in [0.15, 0.2) is 0 Å². The second-order valence-electron chi connectivity index (χ2n) is 7.11. The van der Waals surface area contributed by atoms with E-state index in [1.807, 2.05) is 20.8 Å². The van der Waals surface area contributed by atoms with Crippen molar-refractivity contribution >= 4 is 21.6 Å². The Morgan fingerprint density at radius 1 is 1.08 bits per heavy atom. The van der Waals surface area contributed by atoms with E-state index in [1.54, 1.807) is 42.5 Å². The zero-order valence-corrected chi connectivity index (χ0v) is 16.1. The van der Waals surface area contributed by atoms with E-state index in [-0.39, 0.29) is 23.6 Å². The molecule has 0 fully saturated rings. The quantitative estimate of drug-likeness (QED) is 0.868. The third kappa shape index (κ3) is 5.29. The average Bonchev–Trinajstić information content (AvgIpc) is 2.51. The fourth-order valence-corrected chi connectivity index (χ4v) is 3.25. The van der Waals surface area contributed by atoms with Crippen LogP contribution in [0.4, 0.5) is 10.1 Å². The number of amides is 1. The topological polar surface area (TPSA) is 66.5 Å². The van der Waals surface area contributed by atoms with Gasteiger partial charge >= 0.3 is 0 Å². The van der Waals surface area contributed by atoms with Crippen molar-refractivity contribution in [1.29, 1.82) is 0 Å². The Morgan fingerprint density at radius 3 is 2.15 bits per heavy atom. The van der Waals surface area contributed by atoms with Crippen LogP contribution in [0.5, 0.6) is 0 Å². The van der Waals surface area contributed by atoms with E-state index in [9.17, 15) is 17.6 Å². The first-order chi connectivity index (χ1) is 12.0. The maximum Gasteiger partial charge on any atom is 0.251 e. The van der Waals surface area contributed by atoms with Gasteiger partial charge in [-0.25, -0.2) is 12.8 Å². The highest BCUT2D eigenvalue weighted by Gasteiger charge is 2.20. The first-order valence-corrected chi connectivity index (χ1v) is 9.96. The fourth-order valence-electron chi connectivity index (χ4n) is 2.37. The maximum atomic E-state index is 13.9. The number of carbonyl (C=O) groups is 1. The number of nitrogens with one attached hydrogen (secondary N) is 1. The van der Waals surface area contributed by atoms with Gasteiger partial charge in [0.25, 0.3) is 5.91 Å². The van der Waals surface area contributed by atoms with Crippen molar-refractivity contribution in [3.05, 3.63) is 65.5 Å². The minimum atomic E-state index is -3.63. The van der Waals surface area contributed by atoms with Crippen LogP contribution in [0.2, 0.25) is 0 Å². The van der Waals surface area contributed by atoms with Gasteiger partial charge < -0.3 is 5.32 Å². The molecule has 0 atom stereocenters. The molecule has 1 N–H and O–H groups in total. The number of nitrogens with zero attached hydrogens (tertiary/aromatic N) is 1. The van der Waals surface area contributed by atoms with Crippen LogP contribution in [0, 0.1) is 5.82 Å². The smallest absolute Gasteiger partial charge is 0.251 e. The second-order valence-corrected chi connectivity index (χ2v) is 9.02. The van der Waals surface area contributed by atoms with Crippen LogP contribution in [0.1, 0.15) is 36.7 Å².